The van der Waals surface area contributed by atoms with Crippen LogP contribution in [0.3, 0.4) is 0 Å². The predicted octanol–water partition coefficient (Wildman–Crippen LogP) is 3.88. The monoisotopic (exact) mass is 410 g/mol. The van der Waals surface area contributed by atoms with Gasteiger partial charge in [0.15, 0.2) is 0 Å². The van der Waals surface area contributed by atoms with Gasteiger partial charge < -0.3 is 15.0 Å². The first-order chi connectivity index (χ1) is 14.2. The topological polar surface area (TPSA) is 58.6 Å². The van der Waals surface area contributed by atoms with Crippen LogP contribution in [0.5, 0.6) is 0 Å². The molecule has 0 atom stereocenters. The summed E-state index contributed by atoms with van der Waals surface area (Å²) in [5, 5.41) is 2.78. The molecule has 2 aromatic rings. The van der Waals surface area contributed by atoms with Crippen LogP contribution in [0.4, 0.5) is 4.79 Å². The quantitative estimate of drug-likeness (QED) is 0.735. The second-order valence-electron chi connectivity index (χ2n) is 7.35. The number of alkyl carbamates (subject to hydrolysis) is 1. The number of carbonyl (C=O) groups excluding carboxylic acids is 2. The Hall–Kier alpha value is -2.47. The number of hydrogen-bond donors (Lipinski definition) is 1. The number of benzene rings is 2. The van der Waals surface area contributed by atoms with E-state index in [1.165, 1.54) is 22.3 Å². The molecule has 5 nitrogen and oxygen atoms in total. The van der Waals surface area contributed by atoms with E-state index in [0.29, 0.717) is 26.0 Å². The zero-order valence-corrected chi connectivity index (χ0v) is 17.2. The SMILES string of the molecule is O=C(NCCCC(=O)N1CCSCC1)OCC1c2ccccc2-c2ccccc21. The standard InChI is InChI=1S/C23H26N2O3S/c26-22(25-12-14-29-15-13-25)10-5-11-24-23(27)28-16-21-19-8-3-1-6-17(19)18-7-2-4-9-20(18)21/h1-4,6-9,21H,5,10-16H2,(H,24,27). The number of nitrogens with one attached hydrogen (secondary N) is 1. The molecule has 152 valence electrons. The van der Waals surface area contributed by atoms with E-state index in [2.05, 4.69) is 29.6 Å². The molecule has 0 bridgehead atoms. The minimum absolute atomic E-state index is 0.0618. The highest BCUT2D eigenvalue weighted by Crippen LogP contribution is 2.44. The Kier molecular flexibility index (Phi) is 6.39. The molecule has 1 aliphatic carbocycles. The van der Waals surface area contributed by atoms with Gasteiger partial charge in [-0.15, -0.1) is 0 Å². The smallest absolute Gasteiger partial charge is 0.407 e. The molecule has 1 fully saturated rings. The fourth-order valence-corrected chi connectivity index (χ4v) is 4.95. The third-order valence-electron chi connectivity index (χ3n) is 5.54. The van der Waals surface area contributed by atoms with Gasteiger partial charge in [-0.3, -0.25) is 4.79 Å². The minimum Gasteiger partial charge on any atom is -0.449 e. The summed E-state index contributed by atoms with van der Waals surface area (Å²) in [7, 11) is 0. The molecule has 1 N–H and O–H groups in total. The molecule has 0 spiro atoms. The van der Waals surface area contributed by atoms with Gasteiger partial charge in [-0.05, 0) is 28.7 Å². The summed E-state index contributed by atoms with van der Waals surface area (Å²) in [5.74, 6) is 2.28. The Labute approximate surface area is 175 Å². The molecule has 2 aromatic carbocycles. The average molecular weight is 411 g/mol. The Morgan fingerprint density at radius 2 is 1.62 bits per heavy atom. The van der Waals surface area contributed by atoms with Gasteiger partial charge in [-0.2, -0.15) is 11.8 Å². The van der Waals surface area contributed by atoms with Crippen molar-refractivity contribution in [1.82, 2.24) is 10.2 Å². The zero-order chi connectivity index (χ0) is 20.1. The number of thioether (sulfide) groups is 1. The van der Waals surface area contributed by atoms with Gasteiger partial charge in [-0.1, -0.05) is 48.5 Å². The molecule has 29 heavy (non-hydrogen) atoms. The van der Waals surface area contributed by atoms with E-state index >= 15 is 0 Å². The molecule has 2 amide bonds. The first-order valence-corrected chi connectivity index (χ1v) is 11.3. The zero-order valence-electron chi connectivity index (χ0n) is 16.4. The molecular formula is C23H26N2O3S. The van der Waals surface area contributed by atoms with E-state index in [-0.39, 0.29) is 11.8 Å². The molecule has 0 aromatic heterocycles. The molecular weight excluding hydrogens is 384 g/mol. The van der Waals surface area contributed by atoms with Crippen LogP contribution in [-0.4, -0.2) is 54.6 Å². The highest BCUT2D eigenvalue weighted by Gasteiger charge is 2.28. The van der Waals surface area contributed by atoms with Crippen molar-refractivity contribution in [2.45, 2.75) is 18.8 Å². The van der Waals surface area contributed by atoms with E-state index in [1.54, 1.807) is 0 Å². The van der Waals surface area contributed by atoms with Crippen molar-refractivity contribution in [2.24, 2.45) is 0 Å². The number of hydrogen-bond acceptors (Lipinski definition) is 4. The van der Waals surface area contributed by atoms with Crippen molar-refractivity contribution in [3.8, 4) is 11.1 Å². The number of nitrogens with zero attached hydrogens (tertiary/aromatic N) is 1. The number of ether oxygens (including phenoxy) is 1. The molecule has 0 saturated carbocycles. The predicted molar refractivity (Wildman–Crippen MR) is 116 cm³/mol. The van der Waals surface area contributed by atoms with Crippen LogP contribution < -0.4 is 5.32 Å². The van der Waals surface area contributed by atoms with Crippen molar-refractivity contribution in [2.75, 3.05) is 37.7 Å². The maximum atomic E-state index is 12.1. The Balaban J connectivity index is 1.23. The molecule has 1 heterocycles. The largest absolute Gasteiger partial charge is 0.449 e. The normalized spacial score (nSPS) is 15.5. The second kappa shape index (κ2) is 9.35. The van der Waals surface area contributed by atoms with Gasteiger partial charge >= 0.3 is 6.09 Å². The molecule has 4 rings (SSSR count). The molecule has 0 unspecified atom stereocenters. The van der Waals surface area contributed by atoms with Crippen molar-refractivity contribution in [3.63, 3.8) is 0 Å². The van der Waals surface area contributed by atoms with Crippen LogP contribution in [0.25, 0.3) is 11.1 Å². The van der Waals surface area contributed by atoms with Gasteiger partial charge in [0.05, 0.1) is 0 Å². The van der Waals surface area contributed by atoms with Crippen LogP contribution in [-0.2, 0) is 9.53 Å². The molecule has 6 heteroatoms. The summed E-state index contributed by atoms with van der Waals surface area (Å²) >= 11 is 1.89. The van der Waals surface area contributed by atoms with E-state index in [1.807, 2.05) is 40.9 Å². The highest BCUT2D eigenvalue weighted by atomic mass is 32.2. The fraction of sp³-hybridized carbons (Fsp3) is 0.391. The first-order valence-electron chi connectivity index (χ1n) is 10.2. The van der Waals surface area contributed by atoms with Gasteiger partial charge in [0.25, 0.3) is 0 Å². The maximum absolute atomic E-state index is 12.1. The van der Waals surface area contributed by atoms with Crippen molar-refractivity contribution >= 4 is 23.8 Å². The lowest BCUT2D eigenvalue weighted by atomic mass is 9.98. The molecule has 1 saturated heterocycles. The van der Waals surface area contributed by atoms with Gasteiger partial charge in [-0.25, -0.2) is 4.79 Å². The van der Waals surface area contributed by atoms with Crippen molar-refractivity contribution in [3.05, 3.63) is 59.7 Å². The van der Waals surface area contributed by atoms with Crippen LogP contribution in [0.1, 0.15) is 29.9 Å². The first kappa shape index (κ1) is 19.8. The molecule has 0 radical (unpaired) electrons. The summed E-state index contributed by atoms with van der Waals surface area (Å²) in [6, 6.07) is 16.6. The summed E-state index contributed by atoms with van der Waals surface area (Å²) < 4.78 is 5.51. The van der Waals surface area contributed by atoms with Crippen LogP contribution >= 0.6 is 11.8 Å². The van der Waals surface area contributed by atoms with Gasteiger partial charge in [0.2, 0.25) is 5.91 Å². The maximum Gasteiger partial charge on any atom is 0.407 e. The van der Waals surface area contributed by atoms with E-state index in [0.717, 1.165) is 24.6 Å². The second-order valence-corrected chi connectivity index (χ2v) is 8.57. The van der Waals surface area contributed by atoms with Crippen LogP contribution in [0.15, 0.2) is 48.5 Å². The fourth-order valence-electron chi connectivity index (χ4n) is 4.05. The van der Waals surface area contributed by atoms with E-state index < -0.39 is 6.09 Å². The summed E-state index contributed by atoms with van der Waals surface area (Å²) in [5.41, 5.74) is 4.83. The van der Waals surface area contributed by atoms with Crippen LogP contribution in [0.2, 0.25) is 0 Å². The Morgan fingerprint density at radius 1 is 1.00 bits per heavy atom. The van der Waals surface area contributed by atoms with Crippen LogP contribution in [0, 0.1) is 0 Å². The van der Waals surface area contributed by atoms with Gasteiger partial charge in [0.1, 0.15) is 6.61 Å². The minimum atomic E-state index is -0.423. The van der Waals surface area contributed by atoms with Gasteiger partial charge in [0, 0.05) is 43.5 Å². The molecule has 1 aliphatic heterocycles. The van der Waals surface area contributed by atoms with E-state index in [9.17, 15) is 9.59 Å². The number of fused-ring (bicyclic) bond motifs is 3. The summed E-state index contributed by atoms with van der Waals surface area (Å²) in [6.45, 7) is 2.43. The third-order valence-corrected chi connectivity index (χ3v) is 6.49. The number of carbonyl (C=O) groups is 2. The average Bonchev–Trinajstić information content (AvgIpc) is 3.09. The lowest BCUT2D eigenvalue weighted by Crippen LogP contribution is -2.38. The Bertz CT molecular complexity index is 834. The molecule has 2 aliphatic rings. The van der Waals surface area contributed by atoms with Crippen molar-refractivity contribution in [1.29, 1.82) is 0 Å². The summed E-state index contributed by atoms with van der Waals surface area (Å²) in [6.07, 6.45) is 0.676. The Morgan fingerprint density at radius 3 is 2.28 bits per heavy atom. The number of rotatable bonds is 6. The van der Waals surface area contributed by atoms with E-state index in [4.69, 9.17) is 4.74 Å². The highest BCUT2D eigenvalue weighted by molar-refractivity contribution is 7.99. The third kappa shape index (κ3) is 4.58. The number of amides is 2. The lowest BCUT2D eigenvalue weighted by Gasteiger charge is -2.26. The lowest BCUT2D eigenvalue weighted by molar-refractivity contribution is -0.130. The summed E-state index contributed by atoms with van der Waals surface area (Å²) in [4.78, 5) is 26.2. The van der Waals surface area contributed by atoms with Crippen molar-refractivity contribution < 1.29 is 14.3 Å².